The van der Waals surface area contributed by atoms with Crippen molar-refractivity contribution in [2.45, 2.75) is 19.8 Å². The minimum absolute atomic E-state index is 0. The molecule has 1 saturated heterocycles. The summed E-state index contributed by atoms with van der Waals surface area (Å²) in [6.07, 6.45) is 3.93. The predicted molar refractivity (Wildman–Crippen MR) is 131 cm³/mol. The van der Waals surface area contributed by atoms with E-state index in [9.17, 15) is 0 Å². The molecule has 7 heteroatoms. The highest BCUT2D eigenvalue weighted by Gasteiger charge is 2.20. The molecule has 158 valence electrons. The third kappa shape index (κ3) is 7.38. The molecule has 2 heterocycles. The Hall–Kier alpha value is -2.03. The zero-order valence-electron chi connectivity index (χ0n) is 17.4. The lowest BCUT2D eigenvalue weighted by atomic mass is 10.2. The number of anilines is 1. The van der Waals surface area contributed by atoms with Gasteiger partial charge in [-0.05, 0) is 44.0 Å². The first kappa shape index (κ1) is 23.3. The average molecular weight is 509 g/mol. The third-order valence-corrected chi connectivity index (χ3v) is 4.91. The van der Waals surface area contributed by atoms with E-state index in [1.807, 2.05) is 37.5 Å². The van der Waals surface area contributed by atoms with Gasteiger partial charge >= 0.3 is 0 Å². The highest BCUT2D eigenvalue weighted by molar-refractivity contribution is 14.0. The fraction of sp³-hybridized carbons (Fsp3) is 0.455. The van der Waals surface area contributed by atoms with Gasteiger partial charge in [0.15, 0.2) is 5.96 Å². The number of unbranched alkanes of at least 4 members (excludes halogenated alkanes) is 1. The molecule has 1 fully saturated rings. The van der Waals surface area contributed by atoms with Crippen molar-refractivity contribution in [3.63, 3.8) is 0 Å². The quantitative estimate of drug-likeness (QED) is 0.268. The van der Waals surface area contributed by atoms with Gasteiger partial charge in [0, 0.05) is 46.0 Å². The lowest BCUT2D eigenvalue weighted by molar-refractivity contribution is 0.306. The molecule has 1 aromatic carbocycles. The fourth-order valence-corrected chi connectivity index (χ4v) is 3.27. The molecule has 3 rings (SSSR count). The Morgan fingerprint density at radius 1 is 1.07 bits per heavy atom. The highest BCUT2D eigenvalue weighted by Crippen LogP contribution is 2.13. The molecule has 1 aliphatic rings. The number of hydrogen-bond donors (Lipinski definition) is 1. The molecule has 1 N–H and O–H groups in total. The number of aliphatic imine (C=N–C) groups is 1. The van der Waals surface area contributed by atoms with Crippen LogP contribution in [0, 0.1) is 6.92 Å². The average Bonchev–Trinajstić information content (AvgIpc) is 2.75. The number of pyridine rings is 1. The minimum Gasteiger partial charge on any atom is -0.494 e. The van der Waals surface area contributed by atoms with Gasteiger partial charge in [0.25, 0.3) is 0 Å². The highest BCUT2D eigenvalue weighted by atomic mass is 127. The number of aromatic nitrogens is 1. The molecular weight excluding hydrogens is 477 g/mol. The molecule has 1 aromatic heterocycles. The van der Waals surface area contributed by atoms with Crippen LogP contribution in [0.5, 0.6) is 5.75 Å². The summed E-state index contributed by atoms with van der Waals surface area (Å²) in [6.45, 7) is 7.56. The number of piperazine rings is 1. The molecule has 29 heavy (non-hydrogen) atoms. The Kier molecular flexibility index (Phi) is 10.0. The number of hydrogen-bond acceptors (Lipinski definition) is 4. The SMILES string of the molecule is CN=C(NCCCCOc1ccc(C)cc1)N1CCN(c2ccccn2)CC1.I. The van der Waals surface area contributed by atoms with Gasteiger partial charge in [-0.15, -0.1) is 24.0 Å². The maximum absolute atomic E-state index is 5.78. The summed E-state index contributed by atoms with van der Waals surface area (Å²) >= 11 is 0. The van der Waals surface area contributed by atoms with Crippen LogP contribution in [0.1, 0.15) is 18.4 Å². The number of nitrogens with one attached hydrogen (secondary N) is 1. The second-order valence-corrected chi connectivity index (χ2v) is 7.00. The molecular formula is C22H32IN5O. The van der Waals surface area contributed by atoms with E-state index in [2.05, 4.69) is 50.2 Å². The second kappa shape index (κ2) is 12.5. The van der Waals surface area contributed by atoms with Gasteiger partial charge in [-0.2, -0.15) is 0 Å². The maximum atomic E-state index is 5.78. The van der Waals surface area contributed by atoms with Crippen LogP contribution in [-0.2, 0) is 0 Å². The molecule has 0 bridgehead atoms. The summed E-state index contributed by atoms with van der Waals surface area (Å²) in [4.78, 5) is 13.5. The summed E-state index contributed by atoms with van der Waals surface area (Å²) in [7, 11) is 1.86. The fourth-order valence-electron chi connectivity index (χ4n) is 3.27. The van der Waals surface area contributed by atoms with Crippen molar-refractivity contribution in [1.29, 1.82) is 0 Å². The molecule has 0 aliphatic carbocycles. The molecule has 0 saturated carbocycles. The first-order valence-electron chi connectivity index (χ1n) is 10.1. The molecule has 6 nitrogen and oxygen atoms in total. The van der Waals surface area contributed by atoms with Crippen molar-refractivity contribution >= 4 is 35.8 Å². The predicted octanol–water partition coefficient (Wildman–Crippen LogP) is 3.56. The second-order valence-electron chi connectivity index (χ2n) is 7.00. The Morgan fingerprint density at radius 2 is 1.83 bits per heavy atom. The normalized spacial score (nSPS) is 14.3. The van der Waals surface area contributed by atoms with Crippen LogP contribution in [0.15, 0.2) is 53.7 Å². The van der Waals surface area contributed by atoms with E-state index in [-0.39, 0.29) is 24.0 Å². The van der Waals surface area contributed by atoms with Gasteiger partial charge in [-0.3, -0.25) is 4.99 Å². The van der Waals surface area contributed by atoms with Crippen LogP contribution in [0.25, 0.3) is 0 Å². The lowest BCUT2D eigenvalue weighted by Gasteiger charge is -2.37. The summed E-state index contributed by atoms with van der Waals surface area (Å²) in [5.74, 6) is 2.99. The first-order valence-corrected chi connectivity index (χ1v) is 10.1. The monoisotopic (exact) mass is 509 g/mol. The molecule has 0 radical (unpaired) electrons. The standard InChI is InChI=1S/C22H31N5O.HI/c1-19-8-10-20(11-9-19)28-18-6-5-13-25-22(23-2)27-16-14-26(15-17-27)21-7-3-4-12-24-21;/h3-4,7-12H,5-6,13-18H2,1-2H3,(H,23,25);1H. The Bertz CT molecular complexity index is 731. The number of benzene rings is 1. The molecule has 0 unspecified atom stereocenters. The summed E-state index contributed by atoms with van der Waals surface area (Å²) in [5, 5.41) is 3.49. The van der Waals surface area contributed by atoms with Crippen LogP contribution in [0.3, 0.4) is 0 Å². The molecule has 1 aliphatic heterocycles. The van der Waals surface area contributed by atoms with E-state index >= 15 is 0 Å². The van der Waals surface area contributed by atoms with E-state index < -0.39 is 0 Å². The molecule has 0 spiro atoms. The lowest BCUT2D eigenvalue weighted by Crippen LogP contribution is -2.52. The zero-order chi connectivity index (χ0) is 19.6. The molecule has 0 atom stereocenters. The van der Waals surface area contributed by atoms with Crippen LogP contribution < -0.4 is 15.0 Å². The first-order chi connectivity index (χ1) is 13.8. The number of rotatable bonds is 7. The van der Waals surface area contributed by atoms with Crippen molar-refractivity contribution in [3.05, 3.63) is 54.2 Å². The van der Waals surface area contributed by atoms with Gasteiger partial charge in [-0.1, -0.05) is 23.8 Å². The van der Waals surface area contributed by atoms with Crippen molar-refractivity contribution in [1.82, 2.24) is 15.2 Å². The summed E-state index contributed by atoms with van der Waals surface area (Å²) in [5.41, 5.74) is 1.25. The minimum atomic E-state index is 0. The molecule has 2 aromatic rings. The van der Waals surface area contributed by atoms with E-state index in [0.29, 0.717) is 0 Å². The number of nitrogens with zero attached hydrogens (tertiary/aromatic N) is 4. The number of guanidine groups is 1. The Morgan fingerprint density at radius 3 is 2.48 bits per heavy atom. The molecule has 0 amide bonds. The van der Waals surface area contributed by atoms with E-state index in [1.165, 1.54) is 5.56 Å². The number of ether oxygens (including phenoxy) is 1. The number of aryl methyl sites for hydroxylation is 1. The Balaban J connectivity index is 0.00000300. The number of halogens is 1. The van der Waals surface area contributed by atoms with E-state index in [4.69, 9.17) is 4.74 Å². The van der Waals surface area contributed by atoms with Crippen molar-refractivity contribution < 1.29 is 4.74 Å². The van der Waals surface area contributed by atoms with E-state index in [0.717, 1.165) is 69.7 Å². The van der Waals surface area contributed by atoms with Crippen molar-refractivity contribution in [3.8, 4) is 5.75 Å². The van der Waals surface area contributed by atoms with Gasteiger partial charge in [-0.25, -0.2) is 4.98 Å². The summed E-state index contributed by atoms with van der Waals surface area (Å²) < 4.78 is 5.78. The van der Waals surface area contributed by atoms with Crippen molar-refractivity contribution in [2.24, 2.45) is 4.99 Å². The van der Waals surface area contributed by atoms with Gasteiger partial charge in [0.05, 0.1) is 6.61 Å². The smallest absolute Gasteiger partial charge is 0.193 e. The third-order valence-electron chi connectivity index (χ3n) is 4.91. The van der Waals surface area contributed by atoms with Gasteiger partial charge in [0.1, 0.15) is 11.6 Å². The largest absolute Gasteiger partial charge is 0.494 e. The summed E-state index contributed by atoms with van der Waals surface area (Å²) in [6, 6.07) is 14.3. The maximum Gasteiger partial charge on any atom is 0.193 e. The Labute approximate surface area is 191 Å². The zero-order valence-corrected chi connectivity index (χ0v) is 19.7. The topological polar surface area (TPSA) is 53.0 Å². The van der Waals surface area contributed by atoms with Crippen LogP contribution in [0.2, 0.25) is 0 Å². The van der Waals surface area contributed by atoms with E-state index in [1.54, 1.807) is 0 Å². The van der Waals surface area contributed by atoms with Crippen molar-refractivity contribution in [2.75, 3.05) is 51.3 Å². The van der Waals surface area contributed by atoms with Gasteiger partial charge in [0.2, 0.25) is 0 Å². The van der Waals surface area contributed by atoms with Gasteiger partial charge < -0.3 is 19.9 Å². The van der Waals surface area contributed by atoms with Crippen LogP contribution in [0.4, 0.5) is 5.82 Å². The van der Waals surface area contributed by atoms with Crippen LogP contribution in [-0.4, -0.2) is 62.2 Å². The van der Waals surface area contributed by atoms with Crippen LogP contribution >= 0.6 is 24.0 Å².